The number of carbonyl (C=O) groups is 1. The molecule has 2 aromatic heterocycles. The van der Waals surface area contributed by atoms with Crippen LogP contribution in [0.3, 0.4) is 0 Å². The molecule has 7 nitrogen and oxygen atoms in total. The maximum Gasteiger partial charge on any atom is 0.226 e. The summed E-state index contributed by atoms with van der Waals surface area (Å²) >= 11 is 0. The molecule has 0 N–H and O–H groups in total. The lowest BCUT2D eigenvalue weighted by Gasteiger charge is -2.37. The molecule has 134 valence electrons. The molecular weight excluding hydrogens is 318 g/mol. The molecule has 0 saturated carbocycles. The number of amides is 1. The maximum atomic E-state index is 12.9. The summed E-state index contributed by atoms with van der Waals surface area (Å²) in [4.78, 5) is 21.5. The third-order valence-corrected chi connectivity index (χ3v) is 5.57. The van der Waals surface area contributed by atoms with Gasteiger partial charge in [-0.1, -0.05) is 5.16 Å². The smallest absolute Gasteiger partial charge is 0.226 e. The number of nitrogens with zero attached hydrogens (tertiary/aromatic N) is 5. The lowest BCUT2D eigenvalue weighted by atomic mass is 9.94. The Labute approximate surface area is 147 Å². The monoisotopic (exact) mass is 343 g/mol. The van der Waals surface area contributed by atoms with Crippen LogP contribution in [0.15, 0.2) is 17.0 Å². The Kier molecular flexibility index (Phi) is 4.33. The van der Waals surface area contributed by atoms with Crippen molar-refractivity contribution in [2.45, 2.75) is 39.8 Å². The first-order chi connectivity index (χ1) is 12.1. The van der Waals surface area contributed by atoms with E-state index in [2.05, 4.69) is 19.6 Å². The fraction of sp³-hybridized carbons (Fsp3) is 0.611. The molecule has 4 rings (SSSR count). The summed E-state index contributed by atoms with van der Waals surface area (Å²) in [6.07, 6.45) is 5.49. The minimum Gasteiger partial charge on any atom is -0.361 e. The second kappa shape index (κ2) is 6.63. The van der Waals surface area contributed by atoms with Crippen molar-refractivity contribution in [2.24, 2.45) is 5.92 Å². The second-order valence-electron chi connectivity index (χ2n) is 7.17. The van der Waals surface area contributed by atoms with Gasteiger partial charge in [-0.3, -0.25) is 9.69 Å². The van der Waals surface area contributed by atoms with Crippen molar-refractivity contribution in [3.8, 4) is 0 Å². The second-order valence-corrected chi connectivity index (χ2v) is 7.17. The van der Waals surface area contributed by atoms with Crippen LogP contribution in [0, 0.1) is 19.8 Å². The van der Waals surface area contributed by atoms with E-state index in [1.54, 1.807) is 0 Å². The first-order valence-electron chi connectivity index (χ1n) is 9.03. The van der Waals surface area contributed by atoms with Crippen LogP contribution in [-0.4, -0.2) is 56.6 Å². The topological polar surface area (TPSA) is 67.4 Å². The largest absolute Gasteiger partial charge is 0.361 e. The first kappa shape index (κ1) is 16.3. The molecule has 2 aliphatic heterocycles. The highest BCUT2D eigenvalue weighted by molar-refractivity contribution is 5.79. The fourth-order valence-corrected chi connectivity index (χ4v) is 3.92. The van der Waals surface area contributed by atoms with Gasteiger partial charge in [-0.25, -0.2) is 4.98 Å². The van der Waals surface area contributed by atoms with E-state index in [1.807, 2.05) is 31.3 Å². The third-order valence-electron chi connectivity index (χ3n) is 5.57. The van der Waals surface area contributed by atoms with E-state index < -0.39 is 0 Å². The number of carbonyl (C=O) groups excluding carboxylic acids is 1. The van der Waals surface area contributed by atoms with Crippen LogP contribution < -0.4 is 0 Å². The van der Waals surface area contributed by atoms with Crippen molar-refractivity contribution in [3.05, 3.63) is 35.2 Å². The van der Waals surface area contributed by atoms with Gasteiger partial charge in [-0.2, -0.15) is 0 Å². The number of piperazine rings is 1. The number of imidazole rings is 1. The molecule has 1 saturated heterocycles. The van der Waals surface area contributed by atoms with Crippen molar-refractivity contribution in [1.82, 2.24) is 24.5 Å². The molecule has 0 aromatic carbocycles. The molecule has 0 spiro atoms. The first-order valence-corrected chi connectivity index (χ1v) is 9.03. The van der Waals surface area contributed by atoms with Gasteiger partial charge in [0.25, 0.3) is 0 Å². The Bertz CT molecular complexity index is 738. The molecule has 1 unspecified atom stereocenters. The van der Waals surface area contributed by atoms with E-state index in [9.17, 15) is 4.79 Å². The molecule has 2 aromatic rings. The van der Waals surface area contributed by atoms with Crippen LogP contribution >= 0.6 is 0 Å². The summed E-state index contributed by atoms with van der Waals surface area (Å²) in [5, 5.41) is 4.03. The molecule has 1 atom stereocenters. The van der Waals surface area contributed by atoms with Crippen LogP contribution in [0.1, 0.15) is 29.1 Å². The number of hydrogen-bond donors (Lipinski definition) is 0. The van der Waals surface area contributed by atoms with Gasteiger partial charge in [-0.05, 0) is 20.3 Å². The van der Waals surface area contributed by atoms with Crippen molar-refractivity contribution in [2.75, 3.05) is 26.2 Å². The highest BCUT2D eigenvalue weighted by Crippen LogP contribution is 2.23. The minimum absolute atomic E-state index is 0.110. The van der Waals surface area contributed by atoms with E-state index in [0.29, 0.717) is 5.91 Å². The van der Waals surface area contributed by atoms with Crippen LogP contribution in [0.2, 0.25) is 0 Å². The van der Waals surface area contributed by atoms with E-state index in [1.165, 1.54) is 11.3 Å². The maximum absolute atomic E-state index is 12.9. The Morgan fingerprint density at radius 2 is 2.04 bits per heavy atom. The summed E-state index contributed by atoms with van der Waals surface area (Å²) in [6, 6.07) is 0. The van der Waals surface area contributed by atoms with Crippen LogP contribution in [-0.2, 0) is 24.3 Å². The van der Waals surface area contributed by atoms with E-state index in [4.69, 9.17) is 4.52 Å². The molecule has 0 radical (unpaired) electrons. The molecule has 1 fully saturated rings. The lowest BCUT2D eigenvalue weighted by Crippen LogP contribution is -2.50. The van der Waals surface area contributed by atoms with Crippen LogP contribution in [0.5, 0.6) is 0 Å². The average molecular weight is 343 g/mol. The van der Waals surface area contributed by atoms with E-state index in [-0.39, 0.29) is 5.92 Å². The van der Waals surface area contributed by atoms with Gasteiger partial charge < -0.3 is 14.0 Å². The Morgan fingerprint density at radius 1 is 1.24 bits per heavy atom. The zero-order valence-corrected chi connectivity index (χ0v) is 14.9. The van der Waals surface area contributed by atoms with Gasteiger partial charge in [-0.15, -0.1) is 0 Å². The van der Waals surface area contributed by atoms with Gasteiger partial charge in [0.15, 0.2) is 0 Å². The molecule has 2 aliphatic rings. The Hall–Kier alpha value is -2.15. The Balaban J connectivity index is 1.32. The number of aromatic nitrogens is 3. The van der Waals surface area contributed by atoms with Gasteiger partial charge in [0.05, 0.1) is 12.0 Å². The number of hydrogen-bond acceptors (Lipinski definition) is 5. The summed E-state index contributed by atoms with van der Waals surface area (Å²) in [5.74, 6) is 1.32. The zero-order chi connectivity index (χ0) is 17.4. The van der Waals surface area contributed by atoms with E-state index in [0.717, 1.165) is 63.6 Å². The quantitative estimate of drug-likeness (QED) is 0.843. The molecule has 4 heterocycles. The van der Waals surface area contributed by atoms with Crippen molar-refractivity contribution >= 4 is 5.91 Å². The number of rotatable bonds is 3. The average Bonchev–Trinajstić information content (AvgIpc) is 3.22. The highest BCUT2D eigenvalue weighted by atomic mass is 16.5. The van der Waals surface area contributed by atoms with Crippen molar-refractivity contribution in [3.63, 3.8) is 0 Å². The predicted octanol–water partition coefficient (Wildman–Crippen LogP) is 1.39. The Morgan fingerprint density at radius 3 is 2.76 bits per heavy atom. The van der Waals surface area contributed by atoms with E-state index >= 15 is 0 Å². The molecule has 25 heavy (non-hydrogen) atoms. The van der Waals surface area contributed by atoms with Gasteiger partial charge in [0.2, 0.25) is 5.91 Å². The zero-order valence-electron chi connectivity index (χ0n) is 14.9. The molecule has 1 amide bonds. The summed E-state index contributed by atoms with van der Waals surface area (Å²) < 4.78 is 7.41. The molecule has 7 heteroatoms. The minimum atomic E-state index is 0.110. The molecule has 0 aliphatic carbocycles. The summed E-state index contributed by atoms with van der Waals surface area (Å²) in [7, 11) is 0. The highest BCUT2D eigenvalue weighted by Gasteiger charge is 2.30. The van der Waals surface area contributed by atoms with Gasteiger partial charge in [0.1, 0.15) is 5.76 Å². The van der Waals surface area contributed by atoms with Crippen molar-refractivity contribution in [1.29, 1.82) is 0 Å². The molecule has 0 bridgehead atoms. The lowest BCUT2D eigenvalue weighted by molar-refractivity contribution is -0.138. The molecular formula is C18H25N5O2. The van der Waals surface area contributed by atoms with Crippen molar-refractivity contribution < 1.29 is 9.32 Å². The summed E-state index contributed by atoms with van der Waals surface area (Å²) in [5.41, 5.74) is 3.33. The number of aryl methyl sites for hydroxylation is 3. The van der Waals surface area contributed by atoms with Crippen LogP contribution in [0.25, 0.3) is 0 Å². The van der Waals surface area contributed by atoms with Crippen LogP contribution in [0.4, 0.5) is 0 Å². The standard InChI is InChI=1S/C18H25N5O2/c1-13-17(14(2)25-20-13)11-21-5-7-22(8-6-21)18(24)15-3-4-23-12-19-10-16(23)9-15/h10,12,15H,3-9,11H2,1-2H3. The normalized spacial score (nSPS) is 21.4. The number of fused-ring (bicyclic) bond motifs is 1. The van der Waals surface area contributed by atoms with Gasteiger partial charge in [0, 0.05) is 69.1 Å². The predicted molar refractivity (Wildman–Crippen MR) is 91.9 cm³/mol. The third kappa shape index (κ3) is 3.20. The fourth-order valence-electron chi connectivity index (χ4n) is 3.92. The van der Waals surface area contributed by atoms with Gasteiger partial charge >= 0.3 is 0 Å². The summed E-state index contributed by atoms with van der Waals surface area (Å²) in [6.45, 7) is 9.11. The SMILES string of the molecule is Cc1noc(C)c1CN1CCN(C(=O)C2CCn3cncc3C2)CC1.